The second-order valence-electron chi connectivity index (χ2n) is 8.16. The summed E-state index contributed by atoms with van der Waals surface area (Å²) >= 11 is 0. The Bertz CT molecular complexity index is 1080. The molecule has 0 saturated carbocycles. The van der Waals surface area contributed by atoms with Crippen LogP contribution >= 0.6 is 0 Å². The second kappa shape index (κ2) is 9.25. The molecule has 4 aromatic rings. The van der Waals surface area contributed by atoms with E-state index in [0.29, 0.717) is 0 Å². The van der Waals surface area contributed by atoms with Gasteiger partial charge in [0, 0.05) is 24.5 Å². The minimum absolute atomic E-state index is 0.0581. The van der Waals surface area contributed by atoms with Crippen molar-refractivity contribution in [2.45, 2.75) is 38.4 Å². The van der Waals surface area contributed by atoms with Gasteiger partial charge in [-0.1, -0.05) is 97.1 Å². The summed E-state index contributed by atoms with van der Waals surface area (Å²) in [6.45, 7) is 5.15. The molecule has 2 heteroatoms. The molecule has 4 aromatic carbocycles. The summed E-state index contributed by atoms with van der Waals surface area (Å²) < 4.78 is 0. The molecule has 0 bridgehead atoms. The van der Waals surface area contributed by atoms with Crippen molar-refractivity contribution in [3.05, 3.63) is 119 Å². The molecule has 0 aromatic heterocycles. The van der Waals surface area contributed by atoms with Gasteiger partial charge in [0.15, 0.2) is 0 Å². The van der Waals surface area contributed by atoms with E-state index >= 15 is 0 Å². The van der Waals surface area contributed by atoms with Crippen LogP contribution in [0.5, 0.6) is 0 Å². The Morgan fingerprint density at radius 3 is 2.07 bits per heavy atom. The third kappa shape index (κ3) is 4.46. The monoisotopic (exact) mass is 394 g/mol. The minimum atomic E-state index is 0.0581. The molecule has 4 rings (SSSR count). The summed E-state index contributed by atoms with van der Waals surface area (Å²) in [6.07, 6.45) is 0. The Kier molecular flexibility index (Phi) is 6.27. The Morgan fingerprint density at radius 1 is 0.700 bits per heavy atom. The van der Waals surface area contributed by atoms with Gasteiger partial charge in [0.1, 0.15) is 0 Å². The minimum Gasteiger partial charge on any atom is -0.327 e. The van der Waals surface area contributed by atoms with Crippen molar-refractivity contribution in [2.24, 2.45) is 5.73 Å². The summed E-state index contributed by atoms with van der Waals surface area (Å²) in [4.78, 5) is 0. The summed E-state index contributed by atoms with van der Waals surface area (Å²) in [6, 6.07) is 34.9. The van der Waals surface area contributed by atoms with Gasteiger partial charge in [-0.25, -0.2) is 0 Å². The largest absolute Gasteiger partial charge is 0.327 e. The number of rotatable bonds is 7. The average Bonchev–Trinajstić information content (AvgIpc) is 2.78. The highest BCUT2D eigenvalue weighted by atomic mass is 14.9. The van der Waals surface area contributed by atoms with Crippen LogP contribution in [0.4, 0.5) is 0 Å². The summed E-state index contributed by atoms with van der Waals surface area (Å²) in [5.41, 5.74) is 11.5. The molecule has 3 N–H and O–H groups in total. The first-order valence-electron chi connectivity index (χ1n) is 10.7. The SMILES string of the molecule is CC(N)C(c1ccccc1)c1ccc(CN[C@H](C)c2cccc3ccccc23)cc1. The number of nitrogens with one attached hydrogen (secondary N) is 1. The topological polar surface area (TPSA) is 38.0 Å². The molecule has 152 valence electrons. The molecule has 2 unspecified atom stereocenters. The Morgan fingerprint density at radius 2 is 1.33 bits per heavy atom. The first kappa shape index (κ1) is 20.3. The number of hydrogen-bond acceptors (Lipinski definition) is 2. The third-order valence-electron chi connectivity index (χ3n) is 5.93. The van der Waals surface area contributed by atoms with Crippen LogP contribution in [0.25, 0.3) is 10.8 Å². The van der Waals surface area contributed by atoms with E-state index in [1.807, 2.05) is 6.07 Å². The Labute approximate surface area is 179 Å². The zero-order chi connectivity index (χ0) is 20.9. The standard InChI is InChI=1S/C28H30N2/c1-20(29)28(24-10-4-3-5-11-24)25-17-15-22(16-18-25)19-30-21(2)26-14-8-12-23-9-6-7-13-27(23)26/h3-18,20-21,28,30H,19,29H2,1-2H3/t20?,21-,28?/m1/s1. The number of hydrogen-bond donors (Lipinski definition) is 2. The van der Waals surface area contributed by atoms with E-state index in [0.717, 1.165) is 6.54 Å². The molecule has 0 aliphatic carbocycles. The van der Waals surface area contributed by atoms with E-state index in [1.165, 1.54) is 33.0 Å². The maximum absolute atomic E-state index is 6.33. The van der Waals surface area contributed by atoms with Gasteiger partial charge in [-0.2, -0.15) is 0 Å². The Balaban J connectivity index is 1.47. The molecule has 0 heterocycles. The van der Waals surface area contributed by atoms with E-state index in [4.69, 9.17) is 5.73 Å². The molecule has 0 aliphatic heterocycles. The maximum Gasteiger partial charge on any atom is 0.0301 e. The van der Waals surface area contributed by atoms with E-state index < -0.39 is 0 Å². The number of benzene rings is 4. The fourth-order valence-corrected chi connectivity index (χ4v) is 4.31. The number of nitrogens with two attached hydrogens (primary N) is 1. The van der Waals surface area contributed by atoms with Crippen molar-refractivity contribution in [1.29, 1.82) is 0 Å². The first-order valence-corrected chi connectivity index (χ1v) is 10.7. The Hall–Kier alpha value is -2.94. The zero-order valence-corrected chi connectivity index (χ0v) is 17.8. The fraction of sp³-hybridized carbons (Fsp3) is 0.214. The quantitative estimate of drug-likeness (QED) is 0.393. The van der Waals surface area contributed by atoms with E-state index in [-0.39, 0.29) is 18.0 Å². The molecule has 0 saturated heterocycles. The van der Waals surface area contributed by atoms with Gasteiger partial charge in [-0.05, 0) is 46.9 Å². The highest BCUT2D eigenvalue weighted by Crippen LogP contribution is 2.28. The summed E-state index contributed by atoms with van der Waals surface area (Å²) in [5, 5.41) is 6.29. The van der Waals surface area contributed by atoms with Crippen LogP contribution in [-0.4, -0.2) is 6.04 Å². The molecular weight excluding hydrogens is 364 g/mol. The van der Waals surface area contributed by atoms with Crippen LogP contribution in [0.3, 0.4) is 0 Å². The maximum atomic E-state index is 6.33. The van der Waals surface area contributed by atoms with Gasteiger partial charge in [-0.15, -0.1) is 0 Å². The van der Waals surface area contributed by atoms with Crippen LogP contribution in [0.1, 0.15) is 48.1 Å². The van der Waals surface area contributed by atoms with E-state index in [1.54, 1.807) is 0 Å². The van der Waals surface area contributed by atoms with Gasteiger partial charge < -0.3 is 11.1 Å². The van der Waals surface area contributed by atoms with Crippen molar-refractivity contribution in [3.63, 3.8) is 0 Å². The van der Waals surface area contributed by atoms with Crippen molar-refractivity contribution in [2.75, 3.05) is 0 Å². The lowest BCUT2D eigenvalue weighted by Gasteiger charge is -2.22. The van der Waals surface area contributed by atoms with Gasteiger partial charge in [0.2, 0.25) is 0 Å². The van der Waals surface area contributed by atoms with Crippen molar-refractivity contribution in [3.8, 4) is 0 Å². The highest BCUT2D eigenvalue weighted by Gasteiger charge is 2.18. The molecule has 3 atom stereocenters. The molecular formula is C28H30N2. The lowest BCUT2D eigenvalue weighted by molar-refractivity contribution is 0.577. The van der Waals surface area contributed by atoms with Crippen LogP contribution in [-0.2, 0) is 6.54 Å². The molecule has 0 spiro atoms. The predicted molar refractivity (Wildman–Crippen MR) is 128 cm³/mol. The van der Waals surface area contributed by atoms with Crippen LogP contribution in [0.15, 0.2) is 97.1 Å². The molecule has 0 amide bonds. The van der Waals surface area contributed by atoms with Gasteiger partial charge in [0.25, 0.3) is 0 Å². The van der Waals surface area contributed by atoms with Crippen molar-refractivity contribution < 1.29 is 0 Å². The van der Waals surface area contributed by atoms with Crippen molar-refractivity contribution in [1.82, 2.24) is 5.32 Å². The second-order valence-corrected chi connectivity index (χ2v) is 8.16. The summed E-state index contributed by atoms with van der Waals surface area (Å²) in [7, 11) is 0. The van der Waals surface area contributed by atoms with E-state index in [9.17, 15) is 0 Å². The molecule has 0 radical (unpaired) electrons. The predicted octanol–water partition coefficient (Wildman–Crippen LogP) is 6.17. The summed E-state index contributed by atoms with van der Waals surface area (Å²) in [5.74, 6) is 0.211. The smallest absolute Gasteiger partial charge is 0.0301 e. The normalized spacial score (nSPS) is 14.4. The zero-order valence-electron chi connectivity index (χ0n) is 17.8. The lowest BCUT2D eigenvalue weighted by Crippen LogP contribution is -2.25. The van der Waals surface area contributed by atoms with E-state index in [2.05, 4.69) is 110 Å². The molecule has 30 heavy (non-hydrogen) atoms. The molecule has 0 fully saturated rings. The van der Waals surface area contributed by atoms with Crippen LogP contribution in [0.2, 0.25) is 0 Å². The van der Waals surface area contributed by atoms with Crippen molar-refractivity contribution >= 4 is 10.8 Å². The third-order valence-corrected chi connectivity index (χ3v) is 5.93. The lowest BCUT2D eigenvalue weighted by atomic mass is 9.86. The van der Waals surface area contributed by atoms with Crippen LogP contribution in [0, 0.1) is 0 Å². The van der Waals surface area contributed by atoms with Gasteiger partial charge >= 0.3 is 0 Å². The fourth-order valence-electron chi connectivity index (χ4n) is 4.31. The van der Waals surface area contributed by atoms with Gasteiger partial charge in [0.05, 0.1) is 0 Å². The number of fused-ring (bicyclic) bond motifs is 1. The first-order chi connectivity index (χ1) is 14.6. The van der Waals surface area contributed by atoms with Gasteiger partial charge in [-0.3, -0.25) is 0 Å². The highest BCUT2D eigenvalue weighted by molar-refractivity contribution is 5.86. The average molecular weight is 395 g/mol. The molecule has 2 nitrogen and oxygen atoms in total. The van der Waals surface area contributed by atoms with Crippen LogP contribution < -0.4 is 11.1 Å². The molecule has 0 aliphatic rings.